The number of ether oxygens (including phenoxy) is 1. The second-order valence-electron chi connectivity index (χ2n) is 5.12. The fraction of sp³-hybridized carbons (Fsp3) is 0.538. The highest BCUT2D eigenvalue weighted by Crippen LogP contribution is 2.46. The molecule has 1 aliphatic carbocycles. The molecule has 0 amide bonds. The molecule has 2 nitrogen and oxygen atoms in total. The standard InChI is InChI=1S/C13H13F5O2/c1-3-13(2)5(19)4-6(13)20-12-10(17)8(15)7(14)9(16)11(12)18/h5-6,19H,3-4H2,1-2H3. The van der Waals surface area contributed by atoms with Crippen LogP contribution in [-0.4, -0.2) is 17.3 Å². The molecule has 0 saturated heterocycles. The molecular weight excluding hydrogens is 283 g/mol. The van der Waals surface area contributed by atoms with E-state index in [0.717, 1.165) is 0 Å². The summed E-state index contributed by atoms with van der Waals surface area (Å²) in [5.74, 6) is -11.6. The third-order valence-corrected chi connectivity index (χ3v) is 4.13. The van der Waals surface area contributed by atoms with Crippen LogP contribution in [0.2, 0.25) is 0 Å². The monoisotopic (exact) mass is 296 g/mol. The van der Waals surface area contributed by atoms with Crippen LogP contribution in [0.1, 0.15) is 26.7 Å². The van der Waals surface area contributed by atoms with Gasteiger partial charge in [-0.2, -0.15) is 8.78 Å². The summed E-state index contributed by atoms with van der Waals surface area (Å²) in [5, 5.41) is 9.63. The molecule has 1 fully saturated rings. The lowest BCUT2D eigenvalue weighted by Gasteiger charge is -2.50. The van der Waals surface area contributed by atoms with Gasteiger partial charge in [0.1, 0.15) is 6.10 Å². The summed E-state index contributed by atoms with van der Waals surface area (Å²) in [4.78, 5) is 0. The Morgan fingerprint density at radius 2 is 1.50 bits per heavy atom. The van der Waals surface area contributed by atoms with Crippen molar-refractivity contribution in [2.45, 2.75) is 38.9 Å². The van der Waals surface area contributed by atoms with Crippen LogP contribution < -0.4 is 4.74 Å². The first-order valence-electron chi connectivity index (χ1n) is 6.10. The van der Waals surface area contributed by atoms with E-state index < -0.39 is 52.5 Å². The zero-order valence-electron chi connectivity index (χ0n) is 10.8. The molecule has 0 heterocycles. The van der Waals surface area contributed by atoms with Crippen LogP contribution in [0.15, 0.2) is 0 Å². The molecule has 7 heteroatoms. The fourth-order valence-corrected chi connectivity index (χ4v) is 2.27. The van der Waals surface area contributed by atoms with Gasteiger partial charge in [0.25, 0.3) is 0 Å². The van der Waals surface area contributed by atoms with Crippen molar-refractivity contribution in [1.82, 2.24) is 0 Å². The number of halogens is 5. The summed E-state index contributed by atoms with van der Waals surface area (Å²) < 4.78 is 70.8. The quantitative estimate of drug-likeness (QED) is 0.527. The third kappa shape index (κ3) is 1.95. The molecule has 1 aromatic rings. The van der Waals surface area contributed by atoms with E-state index in [2.05, 4.69) is 0 Å². The minimum Gasteiger partial charge on any atom is -0.483 e. The molecule has 2 rings (SSSR count). The Labute approximate surface area is 112 Å². The van der Waals surface area contributed by atoms with Gasteiger partial charge >= 0.3 is 0 Å². The van der Waals surface area contributed by atoms with E-state index in [0.29, 0.717) is 6.42 Å². The van der Waals surface area contributed by atoms with Crippen LogP contribution in [-0.2, 0) is 0 Å². The third-order valence-electron chi connectivity index (χ3n) is 4.13. The first-order valence-corrected chi connectivity index (χ1v) is 6.10. The van der Waals surface area contributed by atoms with Crippen LogP contribution in [0.3, 0.4) is 0 Å². The van der Waals surface area contributed by atoms with Gasteiger partial charge < -0.3 is 9.84 Å². The van der Waals surface area contributed by atoms with Gasteiger partial charge in [-0.1, -0.05) is 13.8 Å². The molecule has 0 bridgehead atoms. The van der Waals surface area contributed by atoms with Crippen molar-refractivity contribution in [3.63, 3.8) is 0 Å². The largest absolute Gasteiger partial charge is 0.483 e. The normalized spacial score (nSPS) is 29.2. The maximum Gasteiger partial charge on any atom is 0.207 e. The van der Waals surface area contributed by atoms with E-state index in [1.807, 2.05) is 0 Å². The van der Waals surface area contributed by atoms with Gasteiger partial charge in [0.2, 0.25) is 29.1 Å². The van der Waals surface area contributed by atoms with Gasteiger partial charge in [-0.3, -0.25) is 0 Å². The maximum atomic E-state index is 13.5. The lowest BCUT2D eigenvalue weighted by molar-refractivity contribution is -0.149. The topological polar surface area (TPSA) is 29.5 Å². The van der Waals surface area contributed by atoms with E-state index in [1.165, 1.54) is 0 Å². The lowest BCUT2D eigenvalue weighted by atomic mass is 9.63. The highest BCUT2D eigenvalue weighted by molar-refractivity contribution is 5.30. The van der Waals surface area contributed by atoms with E-state index >= 15 is 0 Å². The van der Waals surface area contributed by atoms with Crippen LogP contribution in [0, 0.1) is 34.5 Å². The first-order chi connectivity index (χ1) is 9.24. The highest BCUT2D eigenvalue weighted by atomic mass is 19.2. The van der Waals surface area contributed by atoms with Crippen molar-refractivity contribution in [3.8, 4) is 5.75 Å². The summed E-state index contributed by atoms with van der Waals surface area (Å²) in [6.45, 7) is 3.36. The molecular formula is C13H13F5O2. The van der Waals surface area contributed by atoms with Gasteiger partial charge in [0.05, 0.1) is 6.10 Å². The average Bonchev–Trinajstić information content (AvgIpc) is 2.45. The number of aliphatic hydroxyl groups excluding tert-OH is 1. The van der Waals surface area contributed by atoms with Crippen molar-refractivity contribution >= 4 is 0 Å². The van der Waals surface area contributed by atoms with Crippen LogP contribution in [0.5, 0.6) is 5.75 Å². The van der Waals surface area contributed by atoms with E-state index in [4.69, 9.17) is 4.74 Å². The molecule has 1 saturated carbocycles. The zero-order chi connectivity index (χ0) is 15.2. The zero-order valence-corrected chi connectivity index (χ0v) is 10.8. The molecule has 1 aliphatic rings. The van der Waals surface area contributed by atoms with Crippen molar-refractivity contribution in [3.05, 3.63) is 29.1 Å². The molecule has 112 valence electrons. The lowest BCUT2D eigenvalue weighted by Crippen LogP contribution is -2.57. The van der Waals surface area contributed by atoms with Crippen molar-refractivity contribution in [2.75, 3.05) is 0 Å². The summed E-state index contributed by atoms with van der Waals surface area (Å²) in [6.07, 6.45) is -1.03. The summed E-state index contributed by atoms with van der Waals surface area (Å²) in [6, 6.07) is 0. The van der Waals surface area contributed by atoms with Gasteiger partial charge in [-0.25, -0.2) is 13.2 Å². The van der Waals surface area contributed by atoms with Gasteiger partial charge in [0.15, 0.2) is 5.75 Å². The minimum atomic E-state index is -2.22. The van der Waals surface area contributed by atoms with Crippen LogP contribution in [0.4, 0.5) is 22.0 Å². The Hall–Kier alpha value is -1.37. The Morgan fingerprint density at radius 3 is 1.90 bits per heavy atom. The predicted octanol–water partition coefficient (Wildman–Crippen LogP) is 3.31. The highest BCUT2D eigenvalue weighted by Gasteiger charge is 2.52. The molecule has 0 aliphatic heterocycles. The smallest absolute Gasteiger partial charge is 0.207 e. The van der Waals surface area contributed by atoms with Crippen molar-refractivity contribution in [1.29, 1.82) is 0 Å². The molecule has 3 atom stereocenters. The summed E-state index contributed by atoms with van der Waals surface area (Å²) in [5.41, 5.74) is -0.778. The molecule has 3 unspecified atom stereocenters. The van der Waals surface area contributed by atoms with Gasteiger partial charge in [-0.15, -0.1) is 0 Å². The van der Waals surface area contributed by atoms with Crippen molar-refractivity contribution in [2.24, 2.45) is 5.41 Å². The minimum absolute atomic E-state index is 0.0732. The molecule has 0 aromatic heterocycles. The summed E-state index contributed by atoms with van der Waals surface area (Å²) in [7, 11) is 0. The first kappa shape index (κ1) is 15.0. The average molecular weight is 296 g/mol. The molecule has 20 heavy (non-hydrogen) atoms. The van der Waals surface area contributed by atoms with Crippen LogP contribution in [0.25, 0.3) is 0 Å². The summed E-state index contributed by atoms with van der Waals surface area (Å²) >= 11 is 0. The Kier molecular flexibility index (Phi) is 3.66. The second-order valence-corrected chi connectivity index (χ2v) is 5.12. The number of aliphatic hydroxyl groups is 1. The Bertz CT molecular complexity index is 519. The maximum absolute atomic E-state index is 13.5. The predicted molar refractivity (Wildman–Crippen MR) is 59.7 cm³/mol. The van der Waals surface area contributed by atoms with Gasteiger partial charge in [0, 0.05) is 11.8 Å². The molecule has 0 spiro atoms. The number of hydrogen-bond acceptors (Lipinski definition) is 2. The van der Waals surface area contributed by atoms with Gasteiger partial charge in [-0.05, 0) is 6.42 Å². The second kappa shape index (κ2) is 4.87. The molecule has 1 aromatic carbocycles. The number of benzene rings is 1. The number of hydrogen-bond donors (Lipinski definition) is 1. The fourth-order valence-electron chi connectivity index (χ4n) is 2.27. The number of rotatable bonds is 3. The SMILES string of the molecule is CCC1(C)C(O)CC1Oc1c(F)c(F)c(F)c(F)c1F. The van der Waals surface area contributed by atoms with Crippen LogP contribution >= 0.6 is 0 Å². The van der Waals surface area contributed by atoms with E-state index in [1.54, 1.807) is 13.8 Å². The molecule has 0 radical (unpaired) electrons. The Balaban J connectivity index is 2.37. The molecule has 1 N–H and O–H groups in total. The van der Waals surface area contributed by atoms with Crippen molar-refractivity contribution < 1.29 is 31.8 Å². The van der Waals surface area contributed by atoms with E-state index in [-0.39, 0.29) is 6.42 Å². The van der Waals surface area contributed by atoms with E-state index in [9.17, 15) is 27.1 Å². The Morgan fingerprint density at radius 1 is 1.05 bits per heavy atom.